The average molecular weight is 282 g/mol. The van der Waals surface area contributed by atoms with Crippen LogP contribution in [0.4, 0.5) is 0 Å². The second-order valence-electron chi connectivity index (χ2n) is 4.17. The Morgan fingerprint density at radius 1 is 1.47 bits per heavy atom. The molecule has 0 aliphatic rings. The van der Waals surface area contributed by atoms with Gasteiger partial charge in [-0.25, -0.2) is 9.78 Å². The van der Waals surface area contributed by atoms with Gasteiger partial charge in [0.1, 0.15) is 5.69 Å². The van der Waals surface area contributed by atoms with E-state index < -0.39 is 5.97 Å². The molecule has 1 atom stereocenters. The van der Waals surface area contributed by atoms with E-state index in [9.17, 15) is 9.59 Å². The zero-order valence-corrected chi connectivity index (χ0v) is 12.1. The van der Waals surface area contributed by atoms with Crippen LogP contribution < -0.4 is 0 Å². The van der Waals surface area contributed by atoms with Crippen molar-refractivity contribution in [2.75, 3.05) is 19.1 Å². The predicted molar refractivity (Wildman–Crippen MR) is 75.8 cm³/mol. The third kappa shape index (κ3) is 3.96. The summed E-state index contributed by atoms with van der Waals surface area (Å²) in [6.45, 7) is 2.04. The van der Waals surface area contributed by atoms with Gasteiger partial charge in [-0.3, -0.25) is 4.79 Å². The van der Waals surface area contributed by atoms with Crippen LogP contribution in [0.1, 0.15) is 34.2 Å². The van der Waals surface area contributed by atoms with Crippen molar-refractivity contribution in [3.8, 4) is 0 Å². The summed E-state index contributed by atoms with van der Waals surface area (Å²) in [5.41, 5.74) is 0.349. The van der Waals surface area contributed by atoms with Crippen LogP contribution in [0.5, 0.6) is 0 Å². The van der Waals surface area contributed by atoms with Crippen molar-refractivity contribution in [1.82, 2.24) is 9.88 Å². The molecule has 1 aromatic heterocycles. The van der Waals surface area contributed by atoms with Crippen LogP contribution in [0.25, 0.3) is 0 Å². The smallest absolute Gasteiger partial charge is 0.354 e. The Bertz CT molecular complexity index is 448. The highest BCUT2D eigenvalue weighted by atomic mass is 32.2. The van der Waals surface area contributed by atoms with Crippen molar-refractivity contribution in [1.29, 1.82) is 0 Å². The van der Waals surface area contributed by atoms with E-state index in [0.717, 1.165) is 12.2 Å². The number of carbonyl (C=O) groups excluding carboxylic acids is 1. The topological polar surface area (TPSA) is 70.5 Å². The van der Waals surface area contributed by atoms with E-state index >= 15 is 0 Å². The highest BCUT2D eigenvalue weighted by Gasteiger charge is 2.19. The van der Waals surface area contributed by atoms with Crippen molar-refractivity contribution in [3.63, 3.8) is 0 Å². The summed E-state index contributed by atoms with van der Waals surface area (Å²) >= 11 is 1.69. The fraction of sp³-hybridized carbons (Fsp3) is 0.462. The van der Waals surface area contributed by atoms with Gasteiger partial charge in [0.25, 0.3) is 5.91 Å². The summed E-state index contributed by atoms with van der Waals surface area (Å²) in [7, 11) is 1.76. The molecule has 0 bridgehead atoms. The van der Waals surface area contributed by atoms with Crippen LogP contribution >= 0.6 is 11.8 Å². The normalized spacial score (nSPS) is 11.9. The first-order chi connectivity index (χ1) is 9.01. The molecular formula is C13H18N2O3S. The highest BCUT2D eigenvalue weighted by molar-refractivity contribution is 7.98. The molecule has 0 saturated heterocycles. The lowest BCUT2D eigenvalue weighted by molar-refractivity contribution is 0.0686. The monoisotopic (exact) mass is 282 g/mol. The van der Waals surface area contributed by atoms with Gasteiger partial charge < -0.3 is 10.0 Å². The summed E-state index contributed by atoms with van der Waals surface area (Å²) in [6.07, 6.45) is 4.20. The molecule has 0 aliphatic carbocycles. The molecule has 0 aliphatic heterocycles. The third-order valence-electron chi connectivity index (χ3n) is 2.93. The van der Waals surface area contributed by atoms with Gasteiger partial charge in [0.05, 0.1) is 5.56 Å². The Labute approximate surface area is 117 Å². The maximum Gasteiger partial charge on any atom is 0.354 e. The molecule has 19 heavy (non-hydrogen) atoms. The van der Waals surface area contributed by atoms with E-state index in [1.54, 1.807) is 23.7 Å². The van der Waals surface area contributed by atoms with Crippen LogP contribution in [-0.4, -0.2) is 52.0 Å². The Morgan fingerprint density at radius 3 is 2.58 bits per heavy atom. The molecule has 1 amide bonds. The minimum atomic E-state index is -1.10. The van der Waals surface area contributed by atoms with Crippen LogP contribution in [0.2, 0.25) is 0 Å². The molecule has 0 aromatic carbocycles. The van der Waals surface area contributed by atoms with Gasteiger partial charge in [0, 0.05) is 25.0 Å². The van der Waals surface area contributed by atoms with Gasteiger partial charge in [0.2, 0.25) is 0 Å². The van der Waals surface area contributed by atoms with E-state index in [-0.39, 0.29) is 17.6 Å². The fourth-order valence-electron chi connectivity index (χ4n) is 1.71. The van der Waals surface area contributed by atoms with Crippen molar-refractivity contribution < 1.29 is 14.7 Å². The molecule has 1 heterocycles. The van der Waals surface area contributed by atoms with E-state index in [2.05, 4.69) is 4.98 Å². The number of thioether (sulfide) groups is 1. The van der Waals surface area contributed by atoms with Crippen molar-refractivity contribution >= 4 is 23.6 Å². The maximum absolute atomic E-state index is 12.2. The zero-order valence-electron chi connectivity index (χ0n) is 11.3. The van der Waals surface area contributed by atoms with Crippen LogP contribution in [0, 0.1) is 0 Å². The van der Waals surface area contributed by atoms with Gasteiger partial charge in [-0.1, -0.05) is 6.92 Å². The van der Waals surface area contributed by atoms with Crippen molar-refractivity contribution in [3.05, 3.63) is 29.6 Å². The number of aromatic nitrogens is 1. The first kappa shape index (κ1) is 15.5. The van der Waals surface area contributed by atoms with Crippen LogP contribution in [0.15, 0.2) is 18.3 Å². The fourth-order valence-corrected chi connectivity index (χ4v) is 2.56. The highest BCUT2D eigenvalue weighted by Crippen LogP contribution is 2.12. The molecule has 1 N–H and O–H groups in total. The second kappa shape index (κ2) is 7.13. The molecule has 5 nitrogen and oxygen atoms in total. The van der Waals surface area contributed by atoms with Crippen molar-refractivity contribution in [2.24, 2.45) is 0 Å². The predicted octanol–water partition coefficient (Wildman–Crippen LogP) is 1.99. The molecule has 0 radical (unpaired) electrons. The number of amides is 1. The van der Waals surface area contributed by atoms with Gasteiger partial charge in [-0.15, -0.1) is 0 Å². The maximum atomic E-state index is 12.2. The van der Waals surface area contributed by atoms with E-state index in [0.29, 0.717) is 5.56 Å². The Morgan fingerprint density at radius 2 is 2.16 bits per heavy atom. The summed E-state index contributed by atoms with van der Waals surface area (Å²) in [6, 6.07) is 3.02. The van der Waals surface area contributed by atoms with Crippen LogP contribution in [-0.2, 0) is 0 Å². The number of rotatable bonds is 6. The number of carbonyl (C=O) groups is 2. The quantitative estimate of drug-likeness (QED) is 0.864. The lowest BCUT2D eigenvalue weighted by Gasteiger charge is -2.26. The number of carboxylic acids is 1. The number of carboxylic acid groups (broad SMARTS) is 1. The Kier molecular flexibility index (Phi) is 5.82. The summed E-state index contributed by atoms with van der Waals surface area (Å²) < 4.78 is 0. The minimum absolute atomic E-state index is 0.0599. The number of aromatic carboxylic acids is 1. The van der Waals surface area contributed by atoms with Gasteiger partial charge >= 0.3 is 5.97 Å². The summed E-state index contributed by atoms with van der Waals surface area (Å²) in [5.74, 6) is -0.356. The molecule has 1 aromatic rings. The number of nitrogens with zero attached hydrogens (tertiary/aromatic N) is 2. The number of hydrogen-bond donors (Lipinski definition) is 1. The summed E-state index contributed by atoms with van der Waals surface area (Å²) in [4.78, 5) is 28.4. The Hall–Kier alpha value is -1.56. The number of pyridine rings is 1. The van der Waals surface area contributed by atoms with E-state index in [4.69, 9.17) is 5.11 Å². The van der Waals surface area contributed by atoms with Crippen molar-refractivity contribution in [2.45, 2.75) is 19.4 Å². The number of hydrogen-bond acceptors (Lipinski definition) is 4. The van der Waals surface area contributed by atoms with Gasteiger partial charge in [-0.05, 0) is 24.8 Å². The Balaban J connectivity index is 2.84. The van der Waals surface area contributed by atoms with E-state index in [1.165, 1.54) is 18.3 Å². The molecular weight excluding hydrogens is 264 g/mol. The van der Waals surface area contributed by atoms with Gasteiger partial charge in [-0.2, -0.15) is 11.8 Å². The molecule has 0 saturated carbocycles. The lowest BCUT2D eigenvalue weighted by Crippen LogP contribution is -2.38. The first-order valence-electron chi connectivity index (χ1n) is 5.96. The molecule has 1 unspecified atom stereocenters. The van der Waals surface area contributed by atoms with Gasteiger partial charge in [0.15, 0.2) is 0 Å². The molecule has 1 rings (SSSR count). The molecule has 0 spiro atoms. The lowest BCUT2D eigenvalue weighted by atomic mass is 10.2. The third-order valence-corrected chi connectivity index (χ3v) is 3.65. The second-order valence-corrected chi connectivity index (χ2v) is 5.08. The largest absolute Gasteiger partial charge is 0.477 e. The standard InChI is InChI=1S/C13H18N2O3S/c1-4-10(8-19-3)15(2)12(16)9-5-6-11(13(17)18)14-7-9/h5-7,10H,4,8H2,1-3H3,(H,17,18). The zero-order chi connectivity index (χ0) is 14.4. The molecule has 0 fully saturated rings. The molecule has 104 valence electrons. The van der Waals surface area contributed by atoms with Crippen LogP contribution in [0.3, 0.4) is 0 Å². The first-order valence-corrected chi connectivity index (χ1v) is 7.36. The molecule has 6 heteroatoms. The minimum Gasteiger partial charge on any atom is -0.477 e. The summed E-state index contributed by atoms with van der Waals surface area (Å²) in [5, 5.41) is 8.76. The van der Waals surface area contributed by atoms with E-state index in [1.807, 2.05) is 13.2 Å². The average Bonchev–Trinajstić information content (AvgIpc) is 2.43. The SMILES string of the molecule is CCC(CSC)N(C)C(=O)c1ccc(C(=O)O)nc1.